The second-order valence-electron chi connectivity index (χ2n) is 6.20. The summed E-state index contributed by atoms with van der Waals surface area (Å²) < 4.78 is 5.78. The van der Waals surface area contributed by atoms with Gasteiger partial charge in [-0.1, -0.05) is 13.8 Å². The Morgan fingerprint density at radius 3 is 2.71 bits per heavy atom. The summed E-state index contributed by atoms with van der Waals surface area (Å²) >= 11 is 0. The molecule has 2 fully saturated rings. The van der Waals surface area contributed by atoms with Crippen molar-refractivity contribution in [3.8, 4) is 0 Å². The van der Waals surface area contributed by atoms with E-state index in [1.807, 2.05) is 0 Å². The molecule has 0 bridgehead atoms. The molecule has 3 heteroatoms. The predicted octanol–water partition coefficient (Wildman–Crippen LogP) is 1.88. The maximum absolute atomic E-state index is 5.78. The average Bonchev–Trinajstić information content (AvgIpc) is 2.29. The third kappa shape index (κ3) is 3.43. The molecule has 0 radical (unpaired) electrons. The lowest BCUT2D eigenvalue weighted by Gasteiger charge is -2.45. The summed E-state index contributed by atoms with van der Waals surface area (Å²) in [4.78, 5) is 2.68. The Labute approximate surface area is 106 Å². The van der Waals surface area contributed by atoms with Crippen molar-refractivity contribution >= 4 is 0 Å². The standard InChI is InChI=1S/C14H28N2O/c1-4-13-10-17-12(2)9-16(13)11-14(3)5-7-15-8-6-14/h12-13,15H,4-11H2,1-3H3. The number of hydrogen-bond acceptors (Lipinski definition) is 3. The van der Waals surface area contributed by atoms with E-state index in [9.17, 15) is 0 Å². The molecule has 0 saturated carbocycles. The molecule has 0 aromatic rings. The third-order valence-electron chi connectivity index (χ3n) is 4.45. The molecule has 0 aromatic heterocycles. The summed E-state index contributed by atoms with van der Waals surface area (Å²) in [5.74, 6) is 0. The topological polar surface area (TPSA) is 24.5 Å². The molecule has 17 heavy (non-hydrogen) atoms. The van der Waals surface area contributed by atoms with Crippen molar-refractivity contribution < 1.29 is 4.74 Å². The molecular weight excluding hydrogens is 212 g/mol. The Balaban J connectivity index is 1.94. The van der Waals surface area contributed by atoms with Crippen LogP contribution in [0.1, 0.15) is 40.0 Å². The quantitative estimate of drug-likeness (QED) is 0.815. The predicted molar refractivity (Wildman–Crippen MR) is 71.3 cm³/mol. The molecule has 2 aliphatic rings. The summed E-state index contributed by atoms with van der Waals surface area (Å²) in [5, 5.41) is 3.47. The number of piperidine rings is 1. The van der Waals surface area contributed by atoms with Gasteiger partial charge < -0.3 is 10.1 Å². The summed E-state index contributed by atoms with van der Waals surface area (Å²) in [6.07, 6.45) is 4.24. The highest BCUT2D eigenvalue weighted by Gasteiger charge is 2.33. The fourth-order valence-electron chi connectivity index (χ4n) is 3.16. The van der Waals surface area contributed by atoms with Gasteiger partial charge >= 0.3 is 0 Å². The van der Waals surface area contributed by atoms with Gasteiger partial charge in [0.1, 0.15) is 0 Å². The number of nitrogens with one attached hydrogen (secondary N) is 1. The minimum Gasteiger partial charge on any atom is -0.376 e. The first-order chi connectivity index (χ1) is 8.13. The highest BCUT2D eigenvalue weighted by molar-refractivity contribution is 4.87. The highest BCUT2D eigenvalue weighted by Crippen LogP contribution is 2.31. The van der Waals surface area contributed by atoms with E-state index < -0.39 is 0 Å². The van der Waals surface area contributed by atoms with Crippen LogP contribution in [0.5, 0.6) is 0 Å². The van der Waals surface area contributed by atoms with E-state index in [1.165, 1.54) is 38.9 Å². The summed E-state index contributed by atoms with van der Waals surface area (Å²) in [6, 6.07) is 0.637. The van der Waals surface area contributed by atoms with Crippen molar-refractivity contribution in [3.05, 3.63) is 0 Å². The van der Waals surface area contributed by atoms with Gasteiger partial charge in [-0.15, -0.1) is 0 Å². The van der Waals surface area contributed by atoms with Crippen LogP contribution in [-0.4, -0.2) is 49.8 Å². The zero-order valence-corrected chi connectivity index (χ0v) is 11.7. The smallest absolute Gasteiger partial charge is 0.0674 e. The average molecular weight is 240 g/mol. The van der Waals surface area contributed by atoms with E-state index in [0.29, 0.717) is 17.6 Å². The number of ether oxygens (including phenoxy) is 1. The monoisotopic (exact) mass is 240 g/mol. The maximum Gasteiger partial charge on any atom is 0.0674 e. The minimum atomic E-state index is 0.406. The number of morpholine rings is 1. The first kappa shape index (κ1) is 13.3. The Bertz CT molecular complexity index is 238. The van der Waals surface area contributed by atoms with Crippen molar-refractivity contribution in [2.45, 2.75) is 52.2 Å². The van der Waals surface area contributed by atoms with Crippen molar-refractivity contribution in [1.82, 2.24) is 10.2 Å². The number of nitrogens with zero attached hydrogens (tertiary/aromatic N) is 1. The Morgan fingerprint density at radius 1 is 1.35 bits per heavy atom. The lowest BCUT2D eigenvalue weighted by atomic mass is 9.80. The number of hydrogen-bond donors (Lipinski definition) is 1. The fourth-order valence-corrected chi connectivity index (χ4v) is 3.16. The van der Waals surface area contributed by atoms with Crippen LogP contribution in [0.3, 0.4) is 0 Å². The fraction of sp³-hybridized carbons (Fsp3) is 1.00. The van der Waals surface area contributed by atoms with E-state index in [0.717, 1.165) is 13.2 Å². The highest BCUT2D eigenvalue weighted by atomic mass is 16.5. The molecule has 3 nitrogen and oxygen atoms in total. The van der Waals surface area contributed by atoms with Gasteiger partial charge in [-0.2, -0.15) is 0 Å². The Hall–Kier alpha value is -0.120. The third-order valence-corrected chi connectivity index (χ3v) is 4.45. The van der Waals surface area contributed by atoms with E-state index in [4.69, 9.17) is 4.74 Å². The second-order valence-corrected chi connectivity index (χ2v) is 6.20. The zero-order valence-electron chi connectivity index (χ0n) is 11.7. The molecule has 1 N–H and O–H groups in total. The van der Waals surface area contributed by atoms with Gasteiger partial charge in [0.2, 0.25) is 0 Å². The first-order valence-corrected chi connectivity index (χ1v) is 7.19. The Kier molecular flexibility index (Phi) is 4.45. The summed E-state index contributed by atoms with van der Waals surface area (Å²) in [6.45, 7) is 12.6. The molecule has 2 saturated heterocycles. The van der Waals surface area contributed by atoms with Gasteiger partial charge in [0.05, 0.1) is 12.7 Å². The van der Waals surface area contributed by atoms with Crippen LogP contribution in [0.15, 0.2) is 0 Å². The van der Waals surface area contributed by atoms with Crippen LogP contribution in [0.4, 0.5) is 0 Å². The molecule has 2 aliphatic heterocycles. The molecule has 2 heterocycles. The van der Waals surface area contributed by atoms with Gasteiger partial charge in [0.15, 0.2) is 0 Å². The molecule has 0 spiro atoms. The van der Waals surface area contributed by atoms with Crippen LogP contribution in [0, 0.1) is 5.41 Å². The second kappa shape index (κ2) is 5.68. The van der Waals surface area contributed by atoms with E-state index in [-0.39, 0.29) is 0 Å². The molecule has 0 amide bonds. The van der Waals surface area contributed by atoms with Crippen LogP contribution >= 0.6 is 0 Å². The molecular formula is C14H28N2O. The summed E-state index contributed by atoms with van der Waals surface area (Å²) in [7, 11) is 0. The van der Waals surface area contributed by atoms with Crippen molar-refractivity contribution in [3.63, 3.8) is 0 Å². The summed E-state index contributed by atoms with van der Waals surface area (Å²) in [5.41, 5.74) is 0.510. The molecule has 2 rings (SSSR count). The SMILES string of the molecule is CCC1COC(C)CN1CC1(C)CCNCC1. The van der Waals surface area contributed by atoms with Crippen LogP contribution in [-0.2, 0) is 4.74 Å². The molecule has 2 unspecified atom stereocenters. The number of rotatable bonds is 3. The minimum absolute atomic E-state index is 0.406. The molecule has 0 aliphatic carbocycles. The van der Waals surface area contributed by atoms with Crippen molar-refractivity contribution in [1.29, 1.82) is 0 Å². The maximum atomic E-state index is 5.78. The zero-order chi connectivity index (χ0) is 12.3. The van der Waals surface area contributed by atoms with E-state index in [1.54, 1.807) is 0 Å². The van der Waals surface area contributed by atoms with Crippen molar-refractivity contribution in [2.24, 2.45) is 5.41 Å². The van der Waals surface area contributed by atoms with Crippen molar-refractivity contribution in [2.75, 3.05) is 32.8 Å². The molecule has 0 aromatic carbocycles. The van der Waals surface area contributed by atoms with Gasteiger partial charge in [-0.25, -0.2) is 0 Å². The van der Waals surface area contributed by atoms with Gasteiger partial charge in [-0.3, -0.25) is 4.90 Å². The van der Waals surface area contributed by atoms with E-state index in [2.05, 4.69) is 31.0 Å². The van der Waals surface area contributed by atoms with Gasteiger partial charge in [0, 0.05) is 19.1 Å². The van der Waals surface area contributed by atoms with Gasteiger partial charge in [0.25, 0.3) is 0 Å². The Morgan fingerprint density at radius 2 is 2.06 bits per heavy atom. The van der Waals surface area contributed by atoms with Crippen LogP contribution in [0.2, 0.25) is 0 Å². The van der Waals surface area contributed by atoms with Gasteiger partial charge in [-0.05, 0) is 44.7 Å². The van der Waals surface area contributed by atoms with Crippen LogP contribution < -0.4 is 5.32 Å². The largest absolute Gasteiger partial charge is 0.376 e. The first-order valence-electron chi connectivity index (χ1n) is 7.19. The molecule has 100 valence electrons. The lowest BCUT2D eigenvalue weighted by Crippen LogP contribution is -2.53. The molecule has 2 atom stereocenters. The normalized spacial score (nSPS) is 34.8. The van der Waals surface area contributed by atoms with Crippen LogP contribution in [0.25, 0.3) is 0 Å². The van der Waals surface area contributed by atoms with E-state index >= 15 is 0 Å². The lowest BCUT2D eigenvalue weighted by molar-refractivity contribution is -0.0704.